The number of nitrogens with zero attached hydrogens (tertiary/aromatic N) is 1. The topological polar surface area (TPSA) is 146 Å². The van der Waals surface area contributed by atoms with Crippen LogP contribution in [0.2, 0.25) is 0 Å². The lowest BCUT2D eigenvalue weighted by Crippen LogP contribution is -2.59. The van der Waals surface area contributed by atoms with Gasteiger partial charge in [-0.2, -0.15) is 0 Å². The standard InChI is InChI=1S/C29H48N4O7/c1-28(2,3)40-27(38)32-20-16-39-14-10-8-6-7-9-11-19(23(34)25(36)30-17-12-13-17)31-24(35)22-21-18(29(21,4)5)15-33(22)26(20)37/h17-23,34H,6-16H2,1-5H3,(H,30,36)(H,31,35)(H,32,38)/t18-,19-,20-,21-,22-,23?/m0/s1. The lowest BCUT2D eigenvalue weighted by molar-refractivity contribution is -0.144. The molecule has 2 heterocycles. The number of hydrogen-bond donors (Lipinski definition) is 4. The molecule has 4 rings (SSSR count). The van der Waals surface area contributed by atoms with Crippen LogP contribution in [0, 0.1) is 17.3 Å². The van der Waals surface area contributed by atoms with E-state index in [2.05, 4.69) is 29.8 Å². The van der Waals surface area contributed by atoms with Crippen LogP contribution >= 0.6 is 0 Å². The molecule has 11 heteroatoms. The molecule has 0 aromatic rings. The van der Waals surface area contributed by atoms with E-state index in [0.717, 1.165) is 44.9 Å². The summed E-state index contributed by atoms with van der Waals surface area (Å²) in [5.41, 5.74) is -0.864. The zero-order valence-electron chi connectivity index (χ0n) is 24.7. The van der Waals surface area contributed by atoms with Gasteiger partial charge in [0.1, 0.15) is 17.7 Å². The minimum atomic E-state index is -1.37. The van der Waals surface area contributed by atoms with Gasteiger partial charge >= 0.3 is 6.09 Å². The normalized spacial score (nSPS) is 32.2. The van der Waals surface area contributed by atoms with Crippen molar-refractivity contribution in [3.8, 4) is 0 Å². The van der Waals surface area contributed by atoms with Crippen molar-refractivity contribution in [1.82, 2.24) is 20.9 Å². The number of piperidine rings is 1. The Morgan fingerprint density at radius 2 is 1.75 bits per heavy atom. The van der Waals surface area contributed by atoms with Crippen LogP contribution in [-0.4, -0.2) is 89.5 Å². The molecule has 4 amide bonds. The van der Waals surface area contributed by atoms with Crippen molar-refractivity contribution in [3.63, 3.8) is 0 Å². The SMILES string of the molecule is CC(C)(C)OC(=O)N[C@H]1COCCCCCCC[C@@H](C(O)C(=O)NC2CC2)NC(=O)[C@@H]2[C@@H]3[C@H](CN2C1=O)C3(C)C. The molecule has 0 bridgehead atoms. The highest BCUT2D eigenvalue weighted by Gasteiger charge is 2.69. The van der Waals surface area contributed by atoms with Crippen molar-refractivity contribution in [3.05, 3.63) is 0 Å². The van der Waals surface area contributed by atoms with Gasteiger partial charge in [-0.3, -0.25) is 14.4 Å². The first-order valence-corrected chi connectivity index (χ1v) is 15.0. The Kier molecular flexibility index (Phi) is 9.34. The number of carbonyl (C=O) groups excluding carboxylic acids is 4. The van der Waals surface area contributed by atoms with Crippen LogP contribution in [0.5, 0.6) is 0 Å². The van der Waals surface area contributed by atoms with Crippen LogP contribution in [0.25, 0.3) is 0 Å². The average molecular weight is 565 g/mol. The third-order valence-corrected chi connectivity index (χ3v) is 8.74. The summed E-state index contributed by atoms with van der Waals surface area (Å²) < 4.78 is 11.2. The number of fused-ring (bicyclic) bond motifs is 3. The van der Waals surface area contributed by atoms with Crippen molar-refractivity contribution < 1.29 is 33.8 Å². The highest BCUT2D eigenvalue weighted by molar-refractivity contribution is 5.93. The highest BCUT2D eigenvalue weighted by Crippen LogP contribution is 2.64. The molecular formula is C29H48N4O7. The molecule has 226 valence electrons. The number of carbonyl (C=O) groups is 4. The Morgan fingerprint density at radius 3 is 2.42 bits per heavy atom. The molecule has 4 fully saturated rings. The van der Waals surface area contributed by atoms with Crippen molar-refractivity contribution in [2.75, 3.05) is 19.8 Å². The zero-order valence-corrected chi connectivity index (χ0v) is 24.7. The lowest BCUT2D eigenvalue weighted by Gasteiger charge is -2.34. The van der Waals surface area contributed by atoms with E-state index in [1.807, 2.05) is 0 Å². The molecule has 2 saturated heterocycles. The third kappa shape index (κ3) is 7.46. The second-order valence-electron chi connectivity index (χ2n) is 13.6. The van der Waals surface area contributed by atoms with Crippen molar-refractivity contribution in [2.45, 2.75) is 122 Å². The Labute approximate surface area is 237 Å². The fraction of sp³-hybridized carbons (Fsp3) is 0.862. The summed E-state index contributed by atoms with van der Waals surface area (Å²) in [5.74, 6) is -1.16. The third-order valence-electron chi connectivity index (χ3n) is 8.74. The number of amides is 4. The molecule has 2 aliphatic carbocycles. The Hall–Kier alpha value is -2.40. The summed E-state index contributed by atoms with van der Waals surface area (Å²) >= 11 is 0. The van der Waals surface area contributed by atoms with Crippen LogP contribution in [-0.2, 0) is 23.9 Å². The van der Waals surface area contributed by atoms with Crippen molar-refractivity contribution >= 4 is 23.8 Å². The molecular weight excluding hydrogens is 516 g/mol. The first-order valence-electron chi connectivity index (χ1n) is 15.0. The number of hydrogen-bond acceptors (Lipinski definition) is 7. The van der Waals surface area contributed by atoms with Crippen LogP contribution in [0.4, 0.5) is 4.79 Å². The molecule has 1 unspecified atom stereocenters. The summed E-state index contributed by atoms with van der Waals surface area (Å²) in [4.78, 5) is 54.6. The molecule has 2 saturated carbocycles. The maximum absolute atomic E-state index is 13.9. The Morgan fingerprint density at radius 1 is 1.07 bits per heavy atom. The van der Waals surface area contributed by atoms with Gasteiger partial charge in [-0.1, -0.05) is 39.5 Å². The van der Waals surface area contributed by atoms with E-state index in [9.17, 15) is 24.3 Å². The summed E-state index contributed by atoms with van der Waals surface area (Å²) in [6.45, 7) is 10.2. The molecule has 4 N–H and O–H groups in total. The molecule has 4 aliphatic rings. The minimum absolute atomic E-state index is 0.0235. The van der Waals surface area contributed by atoms with E-state index in [1.54, 1.807) is 25.7 Å². The molecule has 6 atom stereocenters. The average Bonchev–Trinajstić information content (AvgIpc) is 3.70. The lowest BCUT2D eigenvalue weighted by atomic mass is 9.97. The molecule has 11 nitrogen and oxygen atoms in total. The second kappa shape index (κ2) is 12.2. The van der Waals surface area contributed by atoms with E-state index in [1.165, 1.54) is 0 Å². The predicted molar refractivity (Wildman–Crippen MR) is 147 cm³/mol. The predicted octanol–water partition coefficient (Wildman–Crippen LogP) is 1.86. The summed E-state index contributed by atoms with van der Waals surface area (Å²) in [5, 5.41) is 19.4. The first-order chi connectivity index (χ1) is 18.8. The molecule has 0 radical (unpaired) electrons. The largest absolute Gasteiger partial charge is 0.444 e. The molecule has 40 heavy (non-hydrogen) atoms. The molecule has 0 aromatic heterocycles. The van der Waals surface area contributed by atoms with Gasteiger partial charge in [0.2, 0.25) is 11.8 Å². The Bertz CT molecular complexity index is 961. The fourth-order valence-electron chi connectivity index (χ4n) is 6.21. The second-order valence-corrected chi connectivity index (χ2v) is 13.6. The van der Waals surface area contributed by atoms with Gasteiger partial charge in [0, 0.05) is 19.2 Å². The van der Waals surface area contributed by atoms with Crippen molar-refractivity contribution in [1.29, 1.82) is 0 Å². The van der Waals surface area contributed by atoms with Gasteiger partial charge < -0.3 is 35.4 Å². The molecule has 0 aromatic carbocycles. The summed E-state index contributed by atoms with van der Waals surface area (Å²) in [7, 11) is 0. The number of aliphatic hydroxyl groups excluding tert-OH is 1. The van der Waals surface area contributed by atoms with Gasteiger partial charge in [-0.05, 0) is 63.7 Å². The summed E-state index contributed by atoms with van der Waals surface area (Å²) in [6.07, 6.45) is 4.50. The zero-order chi connectivity index (χ0) is 29.2. The monoisotopic (exact) mass is 564 g/mol. The van der Waals surface area contributed by atoms with Crippen LogP contribution in [0.15, 0.2) is 0 Å². The number of rotatable bonds is 4. The Balaban J connectivity index is 1.55. The number of aliphatic hydroxyl groups is 1. The molecule has 2 aliphatic heterocycles. The van der Waals surface area contributed by atoms with E-state index in [4.69, 9.17) is 9.47 Å². The van der Waals surface area contributed by atoms with Gasteiger partial charge in [0.05, 0.1) is 12.6 Å². The first kappa shape index (κ1) is 30.6. The van der Waals surface area contributed by atoms with Crippen LogP contribution in [0.3, 0.4) is 0 Å². The fourth-order valence-corrected chi connectivity index (χ4v) is 6.21. The highest BCUT2D eigenvalue weighted by atomic mass is 16.6. The van der Waals surface area contributed by atoms with Gasteiger partial charge in [0.15, 0.2) is 6.10 Å². The minimum Gasteiger partial charge on any atom is -0.444 e. The van der Waals surface area contributed by atoms with Gasteiger partial charge in [-0.25, -0.2) is 4.79 Å². The quantitative estimate of drug-likeness (QED) is 0.408. The number of nitrogens with one attached hydrogen (secondary N) is 3. The van der Waals surface area contributed by atoms with E-state index in [-0.39, 0.29) is 35.8 Å². The van der Waals surface area contributed by atoms with E-state index < -0.39 is 47.7 Å². The smallest absolute Gasteiger partial charge is 0.408 e. The van der Waals surface area contributed by atoms with Crippen LogP contribution < -0.4 is 16.0 Å². The van der Waals surface area contributed by atoms with Crippen molar-refractivity contribution in [2.24, 2.45) is 17.3 Å². The molecule has 0 spiro atoms. The van der Waals surface area contributed by atoms with Gasteiger partial charge in [0.25, 0.3) is 5.91 Å². The number of alkyl carbamates (subject to hydrolysis) is 1. The summed E-state index contributed by atoms with van der Waals surface area (Å²) in [6, 6.07) is -2.44. The maximum Gasteiger partial charge on any atom is 0.408 e. The maximum atomic E-state index is 13.9. The number of ether oxygens (including phenoxy) is 2. The van der Waals surface area contributed by atoms with E-state index in [0.29, 0.717) is 19.6 Å². The van der Waals surface area contributed by atoms with E-state index >= 15 is 0 Å². The van der Waals surface area contributed by atoms with Crippen LogP contribution in [0.1, 0.15) is 86.0 Å². The van der Waals surface area contributed by atoms with Gasteiger partial charge in [-0.15, -0.1) is 0 Å².